The molecule has 0 aromatic carbocycles. The van der Waals surface area contributed by atoms with E-state index in [0.29, 0.717) is 5.92 Å². The third-order valence-corrected chi connectivity index (χ3v) is 5.62. The van der Waals surface area contributed by atoms with Gasteiger partial charge in [-0.1, -0.05) is 6.92 Å². The quantitative estimate of drug-likeness (QED) is 0.412. The molecule has 2 N–H and O–H groups in total. The monoisotopic (exact) mass is 379 g/mol. The van der Waals surface area contributed by atoms with E-state index < -0.39 is 0 Å². The van der Waals surface area contributed by atoms with E-state index in [1.165, 1.54) is 5.56 Å². The maximum absolute atomic E-state index is 12.2. The van der Waals surface area contributed by atoms with Crippen molar-refractivity contribution in [1.82, 2.24) is 20.4 Å². The SMILES string of the molecule is CN=C(NCCCN1CCCC1C(=O)N(C)C)NCC(C)c1ccsc1. The predicted octanol–water partition coefficient (Wildman–Crippen LogP) is 1.96. The maximum atomic E-state index is 12.2. The lowest BCUT2D eigenvalue weighted by molar-refractivity contribution is -0.133. The Kier molecular flexibility index (Phi) is 8.38. The molecule has 7 heteroatoms. The molecule has 1 saturated heterocycles. The highest BCUT2D eigenvalue weighted by Crippen LogP contribution is 2.19. The van der Waals surface area contributed by atoms with E-state index in [-0.39, 0.29) is 11.9 Å². The molecule has 2 atom stereocenters. The number of carbonyl (C=O) groups is 1. The number of nitrogens with zero attached hydrogens (tertiary/aromatic N) is 3. The van der Waals surface area contributed by atoms with Crippen LogP contribution in [0.5, 0.6) is 0 Å². The van der Waals surface area contributed by atoms with Crippen LogP contribution >= 0.6 is 11.3 Å². The Hall–Kier alpha value is -1.60. The van der Waals surface area contributed by atoms with E-state index in [4.69, 9.17) is 0 Å². The van der Waals surface area contributed by atoms with Gasteiger partial charge in [-0.15, -0.1) is 0 Å². The molecule has 1 fully saturated rings. The van der Waals surface area contributed by atoms with Crippen molar-refractivity contribution in [3.05, 3.63) is 22.4 Å². The zero-order valence-electron chi connectivity index (χ0n) is 16.5. The van der Waals surface area contributed by atoms with Crippen LogP contribution in [0.25, 0.3) is 0 Å². The number of nitrogens with one attached hydrogen (secondary N) is 2. The fourth-order valence-corrected chi connectivity index (χ4v) is 4.09. The summed E-state index contributed by atoms with van der Waals surface area (Å²) >= 11 is 1.74. The molecular weight excluding hydrogens is 346 g/mol. The molecule has 1 aromatic rings. The molecule has 1 aliphatic heterocycles. The molecule has 2 rings (SSSR count). The smallest absolute Gasteiger partial charge is 0.239 e. The first-order chi connectivity index (χ1) is 12.5. The van der Waals surface area contributed by atoms with Gasteiger partial charge in [0.1, 0.15) is 0 Å². The van der Waals surface area contributed by atoms with E-state index in [2.05, 4.69) is 44.3 Å². The van der Waals surface area contributed by atoms with Crippen molar-refractivity contribution in [1.29, 1.82) is 0 Å². The average molecular weight is 380 g/mol. The predicted molar refractivity (Wildman–Crippen MR) is 110 cm³/mol. The number of rotatable bonds is 8. The van der Waals surface area contributed by atoms with Crippen molar-refractivity contribution in [2.45, 2.75) is 38.1 Å². The summed E-state index contributed by atoms with van der Waals surface area (Å²) in [5, 5.41) is 11.1. The fraction of sp³-hybridized carbons (Fsp3) is 0.684. The lowest BCUT2D eigenvalue weighted by Gasteiger charge is -2.26. The Morgan fingerprint density at radius 3 is 2.92 bits per heavy atom. The Bertz CT molecular complexity index is 572. The summed E-state index contributed by atoms with van der Waals surface area (Å²) in [4.78, 5) is 20.6. The van der Waals surface area contributed by atoms with E-state index in [9.17, 15) is 4.79 Å². The van der Waals surface area contributed by atoms with Crippen LogP contribution in [-0.2, 0) is 4.79 Å². The number of aliphatic imine (C=N–C) groups is 1. The van der Waals surface area contributed by atoms with Crippen LogP contribution in [0.15, 0.2) is 21.8 Å². The Morgan fingerprint density at radius 1 is 1.46 bits per heavy atom. The molecule has 1 aliphatic rings. The maximum Gasteiger partial charge on any atom is 0.239 e. The summed E-state index contributed by atoms with van der Waals surface area (Å²) in [6.07, 6.45) is 3.09. The summed E-state index contributed by atoms with van der Waals surface area (Å²) < 4.78 is 0. The first-order valence-corrected chi connectivity index (χ1v) is 10.4. The third kappa shape index (κ3) is 5.99. The summed E-state index contributed by atoms with van der Waals surface area (Å²) in [5.74, 6) is 1.53. The second kappa shape index (κ2) is 10.5. The van der Waals surface area contributed by atoms with Crippen molar-refractivity contribution in [3.8, 4) is 0 Å². The Labute approximate surface area is 161 Å². The van der Waals surface area contributed by atoms with Crippen LogP contribution in [-0.4, -0.2) is 75.0 Å². The van der Waals surface area contributed by atoms with Gasteiger partial charge in [0.05, 0.1) is 6.04 Å². The molecule has 2 unspecified atom stereocenters. The first kappa shape index (κ1) is 20.7. The molecule has 2 heterocycles. The summed E-state index contributed by atoms with van der Waals surface area (Å²) in [5.41, 5.74) is 1.36. The van der Waals surface area contributed by atoms with Crippen LogP contribution in [0.4, 0.5) is 0 Å². The fourth-order valence-electron chi connectivity index (χ4n) is 3.30. The van der Waals surface area contributed by atoms with E-state index >= 15 is 0 Å². The minimum absolute atomic E-state index is 0.0638. The van der Waals surface area contributed by atoms with E-state index in [1.807, 2.05) is 14.1 Å². The van der Waals surface area contributed by atoms with Crippen LogP contribution in [0, 0.1) is 0 Å². The van der Waals surface area contributed by atoms with Crippen LogP contribution in [0.1, 0.15) is 37.7 Å². The van der Waals surface area contributed by atoms with Gasteiger partial charge in [0, 0.05) is 40.8 Å². The van der Waals surface area contributed by atoms with Gasteiger partial charge in [-0.25, -0.2) is 0 Å². The molecule has 0 radical (unpaired) electrons. The molecule has 146 valence electrons. The van der Waals surface area contributed by atoms with Gasteiger partial charge in [0.2, 0.25) is 5.91 Å². The summed E-state index contributed by atoms with van der Waals surface area (Å²) in [6.45, 7) is 5.90. The number of likely N-dealkylation sites (tertiary alicyclic amines) is 1. The third-order valence-electron chi connectivity index (χ3n) is 4.92. The number of likely N-dealkylation sites (N-methyl/N-ethyl adjacent to an activating group) is 1. The second-order valence-electron chi connectivity index (χ2n) is 7.12. The van der Waals surface area contributed by atoms with Crippen molar-refractivity contribution >= 4 is 23.2 Å². The molecule has 1 amide bonds. The zero-order valence-corrected chi connectivity index (χ0v) is 17.3. The van der Waals surface area contributed by atoms with Gasteiger partial charge in [0.25, 0.3) is 0 Å². The van der Waals surface area contributed by atoms with Gasteiger partial charge in [0.15, 0.2) is 5.96 Å². The summed E-state index contributed by atoms with van der Waals surface area (Å²) in [6, 6.07) is 2.24. The number of guanidine groups is 1. The zero-order chi connectivity index (χ0) is 18.9. The molecule has 1 aromatic heterocycles. The lowest BCUT2D eigenvalue weighted by Crippen LogP contribution is -2.44. The highest BCUT2D eigenvalue weighted by Gasteiger charge is 2.30. The number of carbonyl (C=O) groups excluding carboxylic acids is 1. The molecule has 0 spiro atoms. The molecular formula is C19H33N5OS. The normalized spacial score (nSPS) is 19.4. The molecule has 0 aliphatic carbocycles. The number of hydrogen-bond donors (Lipinski definition) is 2. The highest BCUT2D eigenvalue weighted by molar-refractivity contribution is 7.07. The minimum atomic E-state index is 0.0638. The van der Waals surface area contributed by atoms with Crippen LogP contribution in [0.2, 0.25) is 0 Å². The van der Waals surface area contributed by atoms with Crippen LogP contribution in [0.3, 0.4) is 0 Å². The minimum Gasteiger partial charge on any atom is -0.356 e. The van der Waals surface area contributed by atoms with Crippen molar-refractivity contribution in [2.75, 3.05) is 47.3 Å². The lowest BCUT2D eigenvalue weighted by atomic mass is 10.1. The average Bonchev–Trinajstić information content (AvgIpc) is 3.31. The van der Waals surface area contributed by atoms with Gasteiger partial charge >= 0.3 is 0 Å². The van der Waals surface area contributed by atoms with Crippen molar-refractivity contribution in [3.63, 3.8) is 0 Å². The number of amides is 1. The van der Waals surface area contributed by atoms with Crippen molar-refractivity contribution in [2.24, 2.45) is 4.99 Å². The number of hydrogen-bond acceptors (Lipinski definition) is 4. The van der Waals surface area contributed by atoms with E-state index in [1.54, 1.807) is 23.3 Å². The molecule has 0 bridgehead atoms. The summed E-state index contributed by atoms with van der Waals surface area (Å²) in [7, 11) is 5.48. The van der Waals surface area contributed by atoms with Crippen molar-refractivity contribution < 1.29 is 4.79 Å². The number of thiophene rings is 1. The molecule has 0 saturated carbocycles. The van der Waals surface area contributed by atoms with Gasteiger partial charge in [-0.2, -0.15) is 11.3 Å². The standard InChI is InChI=1S/C19H33N5OS/c1-15(16-8-12-26-14-16)13-22-19(20-2)21-9-6-11-24-10-5-7-17(24)18(25)23(3)4/h8,12,14-15,17H,5-7,9-11,13H2,1-4H3,(H2,20,21,22). The van der Waals surface area contributed by atoms with Gasteiger partial charge in [-0.3, -0.25) is 14.7 Å². The molecule has 26 heavy (non-hydrogen) atoms. The van der Waals surface area contributed by atoms with E-state index in [0.717, 1.165) is 51.4 Å². The first-order valence-electron chi connectivity index (χ1n) is 9.44. The van der Waals surface area contributed by atoms with Crippen LogP contribution < -0.4 is 10.6 Å². The Balaban J connectivity index is 1.67. The highest BCUT2D eigenvalue weighted by atomic mass is 32.1. The van der Waals surface area contributed by atoms with Gasteiger partial charge in [-0.05, 0) is 54.1 Å². The Morgan fingerprint density at radius 2 is 2.27 bits per heavy atom. The largest absolute Gasteiger partial charge is 0.356 e. The van der Waals surface area contributed by atoms with Gasteiger partial charge < -0.3 is 15.5 Å². The second-order valence-corrected chi connectivity index (χ2v) is 7.90. The molecule has 6 nitrogen and oxygen atoms in total. The topological polar surface area (TPSA) is 60.0 Å².